The highest BCUT2D eigenvalue weighted by molar-refractivity contribution is 6.43. The molecule has 0 aliphatic rings. The van der Waals surface area contributed by atoms with Crippen LogP contribution in [0.15, 0.2) is 10.3 Å². The van der Waals surface area contributed by atoms with Gasteiger partial charge < -0.3 is 19.9 Å². The first-order valence-corrected chi connectivity index (χ1v) is 4.20. The van der Waals surface area contributed by atoms with E-state index in [1.807, 2.05) is 0 Å². The summed E-state index contributed by atoms with van der Waals surface area (Å²) in [4.78, 5) is 21.0. The molecule has 16 heavy (non-hydrogen) atoms. The number of ether oxygens (including phenoxy) is 2. The Kier molecular flexibility index (Phi) is 6.25. The molecular formula is C8H12N2O6. The SMILES string of the molecule is CC(=O)OCC(=N/O)/C(COC(C)=O)=N\O. The predicted molar refractivity (Wildman–Crippen MR) is 51.7 cm³/mol. The Balaban J connectivity index is 4.42. The zero-order chi connectivity index (χ0) is 12.6. The van der Waals surface area contributed by atoms with Crippen LogP contribution < -0.4 is 0 Å². The van der Waals surface area contributed by atoms with Crippen molar-refractivity contribution in [2.45, 2.75) is 13.8 Å². The summed E-state index contributed by atoms with van der Waals surface area (Å²) < 4.78 is 9.04. The smallest absolute Gasteiger partial charge is 0.303 e. The van der Waals surface area contributed by atoms with E-state index < -0.39 is 11.9 Å². The minimum atomic E-state index is -0.592. The molecule has 0 heterocycles. The standard InChI is InChI=1S/C8H12N2O6/c1-5(11)15-3-7(9-13)8(10-14)4-16-6(2)12/h13-14H,3-4H2,1-2H3/b9-7-,10-8-. The number of nitrogens with zero attached hydrogens (tertiary/aromatic N) is 2. The summed E-state index contributed by atoms with van der Waals surface area (Å²) in [6, 6.07) is 0. The van der Waals surface area contributed by atoms with E-state index in [1.54, 1.807) is 0 Å². The molecule has 0 spiro atoms. The maximum atomic E-state index is 10.5. The van der Waals surface area contributed by atoms with E-state index >= 15 is 0 Å². The summed E-state index contributed by atoms with van der Waals surface area (Å²) in [6.07, 6.45) is 0. The molecule has 0 rings (SSSR count). The van der Waals surface area contributed by atoms with E-state index in [4.69, 9.17) is 10.4 Å². The zero-order valence-corrected chi connectivity index (χ0v) is 8.84. The number of esters is 2. The van der Waals surface area contributed by atoms with Crippen LogP contribution in [0.5, 0.6) is 0 Å². The quantitative estimate of drug-likeness (QED) is 0.292. The van der Waals surface area contributed by atoms with Gasteiger partial charge in [0.1, 0.15) is 24.6 Å². The topological polar surface area (TPSA) is 118 Å². The van der Waals surface area contributed by atoms with E-state index in [0.717, 1.165) is 13.8 Å². The number of hydrogen-bond donors (Lipinski definition) is 2. The maximum absolute atomic E-state index is 10.5. The Bertz CT molecular complexity index is 290. The first-order chi connectivity index (χ1) is 7.51. The lowest BCUT2D eigenvalue weighted by molar-refractivity contribution is -0.140. The summed E-state index contributed by atoms with van der Waals surface area (Å²) in [5.41, 5.74) is -0.419. The first kappa shape index (κ1) is 13.9. The van der Waals surface area contributed by atoms with E-state index in [2.05, 4.69) is 19.8 Å². The third kappa shape index (κ3) is 5.58. The maximum Gasteiger partial charge on any atom is 0.303 e. The van der Waals surface area contributed by atoms with Gasteiger partial charge in [-0.1, -0.05) is 10.3 Å². The molecule has 2 N–H and O–H groups in total. The molecule has 0 aliphatic heterocycles. The van der Waals surface area contributed by atoms with Gasteiger partial charge in [0.05, 0.1) is 0 Å². The largest absolute Gasteiger partial charge is 0.459 e. The van der Waals surface area contributed by atoms with Gasteiger partial charge in [0.25, 0.3) is 0 Å². The van der Waals surface area contributed by atoms with Crippen molar-refractivity contribution in [2.75, 3.05) is 13.2 Å². The Morgan fingerprint density at radius 1 is 0.938 bits per heavy atom. The van der Waals surface area contributed by atoms with Crippen molar-refractivity contribution in [3.8, 4) is 0 Å². The molecule has 0 aromatic carbocycles. The van der Waals surface area contributed by atoms with E-state index in [0.29, 0.717) is 0 Å². The summed E-state index contributed by atoms with van der Waals surface area (Å²) in [5.74, 6) is -1.18. The van der Waals surface area contributed by atoms with Gasteiger partial charge in [-0.05, 0) is 0 Å². The minimum Gasteiger partial charge on any atom is -0.459 e. The molecule has 0 radical (unpaired) electrons. The molecule has 0 fully saturated rings. The Morgan fingerprint density at radius 2 is 1.25 bits per heavy atom. The molecule has 0 unspecified atom stereocenters. The fourth-order valence-corrected chi connectivity index (χ4v) is 0.680. The third-order valence-electron chi connectivity index (χ3n) is 1.40. The van der Waals surface area contributed by atoms with Crippen LogP contribution >= 0.6 is 0 Å². The molecule has 8 heteroatoms. The van der Waals surface area contributed by atoms with E-state index in [1.165, 1.54) is 0 Å². The molecule has 0 amide bonds. The third-order valence-corrected chi connectivity index (χ3v) is 1.40. The highest BCUT2D eigenvalue weighted by atomic mass is 16.5. The van der Waals surface area contributed by atoms with Crippen LogP contribution in [-0.4, -0.2) is 47.0 Å². The van der Waals surface area contributed by atoms with Gasteiger partial charge in [0, 0.05) is 13.8 Å². The summed E-state index contributed by atoms with van der Waals surface area (Å²) >= 11 is 0. The van der Waals surface area contributed by atoms with Crippen LogP contribution in [0.3, 0.4) is 0 Å². The summed E-state index contributed by atoms with van der Waals surface area (Å²) in [6.45, 7) is 1.56. The van der Waals surface area contributed by atoms with Gasteiger partial charge in [-0.2, -0.15) is 0 Å². The molecule has 0 bridgehead atoms. The van der Waals surface area contributed by atoms with Gasteiger partial charge in [0.2, 0.25) is 0 Å². The fourth-order valence-electron chi connectivity index (χ4n) is 0.680. The lowest BCUT2D eigenvalue weighted by atomic mass is 10.2. The average molecular weight is 232 g/mol. The fraction of sp³-hybridized carbons (Fsp3) is 0.500. The number of carbonyl (C=O) groups excluding carboxylic acids is 2. The number of oxime groups is 2. The van der Waals surface area contributed by atoms with Crippen LogP contribution in [0.2, 0.25) is 0 Å². The number of carbonyl (C=O) groups is 2. The molecular weight excluding hydrogens is 220 g/mol. The van der Waals surface area contributed by atoms with Gasteiger partial charge in [-0.15, -0.1) is 0 Å². The van der Waals surface area contributed by atoms with Crippen molar-refractivity contribution in [2.24, 2.45) is 10.3 Å². The lowest BCUT2D eigenvalue weighted by Crippen LogP contribution is -2.26. The van der Waals surface area contributed by atoms with Crippen molar-refractivity contribution in [1.29, 1.82) is 0 Å². The Hall–Kier alpha value is -2.12. The predicted octanol–water partition coefficient (Wildman–Crippen LogP) is -0.227. The Morgan fingerprint density at radius 3 is 1.44 bits per heavy atom. The van der Waals surface area contributed by atoms with Crippen molar-refractivity contribution in [3.63, 3.8) is 0 Å². The van der Waals surface area contributed by atoms with Crippen molar-refractivity contribution in [1.82, 2.24) is 0 Å². The second-order valence-electron chi connectivity index (χ2n) is 2.65. The normalized spacial score (nSPS) is 12.1. The first-order valence-electron chi connectivity index (χ1n) is 4.20. The van der Waals surface area contributed by atoms with Gasteiger partial charge >= 0.3 is 11.9 Å². The van der Waals surface area contributed by atoms with Crippen molar-refractivity contribution < 1.29 is 29.5 Å². The van der Waals surface area contributed by atoms with Crippen LogP contribution in [0, 0.1) is 0 Å². The number of hydrogen-bond acceptors (Lipinski definition) is 8. The van der Waals surface area contributed by atoms with Crippen LogP contribution in [0.25, 0.3) is 0 Å². The Labute approximate surface area is 91.1 Å². The molecule has 0 saturated heterocycles. The molecule has 0 saturated carbocycles. The van der Waals surface area contributed by atoms with E-state index in [-0.39, 0.29) is 24.6 Å². The van der Waals surface area contributed by atoms with Crippen molar-refractivity contribution >= 4 is 23.4 Å². The van der Waals surface area contributed by atoms with Crippen LogP contribution in [0.1, 0.15) is 13.8 Å². The second-order valence-corrected chi connectivity index (χ2v) is 2.65. The highest BCUT2D eigenvalue weighted by Crippen LogP contribution is 1.91. The average Bonchev–Trinajstić information content (AvgIpc) is 2.22. The van der Waals surface area contributed by atoms with Gasteiger partial charge in [0.15, 0.2) is 0 Å². The molecule has 0 aliphatic carbocycles. The molecule has 0 aromatic rings. The second kappa shape index (κ2) is 7.21. The zero-order valence-electron chi connectivity index (χ0n) is 8.84. The lowest BCUT2D eigenvalue weighted by Gasteiger charge is -2.06. The van der Waals surface area contributed by atoms with Gasteiger partial charge in [-0.25, -0.2) is 0 Å². The van der Waals surface area contributed by atoms with Crippen molar-refractivity contribution in [3.05, 3.63) is 0 Å². The highest BCUT2D eigenvalue weighted by Gasteiger charge is 2.14. The molecule has 8 nitrogen and oxygen atoms in total. The monoisotopic (exact) mass is 232 g/mol. The summed E-state index contributed by atoms with van der Waals surface area (Å²) in [7, 11) is 0. The number of rotatable bonds is 5. The van der Waals surface area contributed by atoms with Gasteiger partial charge in [-0.3, -0.25) is 9.59 Å². The van der Waals surface area contributed by atoms with Crippen LogP contribution in [-0.2, 0) is 19.1 Å². The summed E-state index contributed by atoms with van der Waals surface area (Å²) in [5, 5.41) is 22.7. The van der Waals surface area contributed by atoms with E-state index in [9.17, 15) is 9.59 Å². The molecule has 0 aromatic heterocycles. The molecule has 90 valence electrons. The van der Waals surface area contributed by atoms with Crippen LogP contribution in [0.4, 0.5) is 0 Å². The molecule has 0 atom stereocenters. The minimum absolute atomic E-state index is 0.209.